The van der Waals surface area contributed by atoms with Gasteiger partial charge < -0.3 is 25.3 Å². The molecule has 0 aromatic heterocycles. The van der Waals surface area contributed by atoms with Crippen LogP contribution >= 0.6 is 0 Å². The molecule has 1 aliphatic rings. The molecule has 0 radical (unpaired) electrons. The number of hydrogen-bond acceptors (Lipinski definition) is 5. The minimum absolute atomic E-state index is 0.0924. The second-order valence-electron chi connectivity index (χ2n) is 8.09. The number of carbonyl (C=O) groups excluding carboxylic acids is 3. The molecule has 1 saturated carbocycles. The predicted octanol–water partition coefficient (Wildman–Crippen LogP) is 3.37. The maximum absolute atomic E-state index is 12.6. The summed E-state index contributed by atoms with van der Waals surface area (Å²) < 4.78 is 5.10. The van der Waals surface area contributed by atoms with Crippen LogP contribution in [0, 0.1) is 5.41 Å². The summed E-state index contributed by atoms with van der Waals surface area (Å²) in [6.07, 6.45) is 4.43. The summed E-state index contributed by atoms with van der Waals surface area (Å²) in [5, 5.41) is 16.8. The first-order valence-electron chi connectivity index (χ1n) is 10.4. The molecule has 7 nitrogen and oxygen atoms in total. The molecular formula is C24H27N2O5-. The van der Waals surface area contributed by atoms with Crippen LogP contribution in [-0.2, 0) is 9.59 Å². The van der Waals surface area contributed by atoms with Crippen LogP contribution < -0.4 is 20.5 Å². The zero-order chi connectivity index (χ0) is 22.3. The molecule has 2 aromatic rings. The molecule has 3 rings (SSSR count). The van der Waals surface area contributed by atoms with E-state index < -0.39 is 11.4 Å². The third kappa shape index (κ3) is 6.31. The lowest BCUT2D eigenvalue weighted by atomic mass is 9.69. The molecule has 2 amide bonds. The van der Waals surface area contributed by atoms with Gasteiger partial charge in [0, 0.05) is 29.3 Å². The van der Waals surface area contributed by atoms with Crippen LogP contribution in [0.5, 0.6) is 5.75 Å². The van der Waals surface area contributed by atoms with E-state index in [0.29, 0.717) is 22.7 Å². The topological polar surface area (TPSA) is 108 Å². The summed E-state index contributed by atoms with van der Waals surface area (Å²) >= 11 is 0. The smallest absolute Gasteiger partial charge is 0.255 e. The molecule has 164 valence electrons. The zero-order valence-corrected chi connectivity index (χ0v) is 17.6. The van der Waals surface area contributed by atoms with Gasteiger partial charge in [-0.15, -0.1) is 0 Å². The summed E-state index contributed by atoms with van der Waals surface area (Å²) in [6.45, 7) is 0. The molecule has 0 atom stereocenters. The number of methoxy groups -OCH3 is 1. The number of carbonyl (C=O) groups is 3. The van der Waals surface area contributed by atoms with Gasteiger partial charge in [-0.25, -0.2) is 0 Å². The van der Waals surface area contributed by atoms with Crippen LogP contribution in [-0.4, -0.2) is 24.9 Å². The Morgan fingerprint density at radius 3 is 2.03 bits per heavy atom. The average molecular weight is 423 g/mol. The Morgan fingerprint density at radius 2 is 1.45 bits per heavy atom. The molecule has 0 aliphatic heterocycles. The maximum atomic E-state index is 12.6. The normalized spacial score (nSPS) is 15.0. The largest absolute Gasteiger partial charge is 0.550 e. The molecule has 2 aromatic carbocycles. The second-order valence-corrected chi connectivity index (χ2v) is 8.09. The number of carboxylic acids is 1. The molecule has 1 fully saturated rings. The molecule has 0 unspecified atom stereocenters. The summed E-state index contributed by atoms with van der Waals surface area (Å²) in [5.74, 6) is -0.897. The molecule has 0 spiro atoms. The number of rotatable bonds is 8. The Bertz CT molecular complexity index is 916. The van der Waals surface area contributed by atoms with E-state index in [1.165, 1.54) is 0 Å². The van der Waals surface area contributed by atoms with Crippen molar-refractivity contribution < 1.29 is 24.2 Å². The van der Waals surface area contributed by atoms with Gasteiger partial charge in [-0.2, -0.15) is 0 Å². The van der Waals surface area contributed by atoms with Crippen LogP contribution in [0.3, 0.4) is 0 Å². The molecule has 7 heteroatoms. The summed E-state index contributed by atoms with van der Waals surface area (Å²) in [5.41, 5.74) is 1.13. The lowest BCUT2D eigenvalue weighted by molar-refractivity contribution is -0.308. The number of ether oxygens (including phenoxy) is 1. The Labute approximate surface area is 181 Å². The lowest BCUT2D eigenvalue weighted by Crippen LogP contribution is -2.36. The highest BCUT2D eigenvalue weighted by Crippen LogP contribution is 2.42. The number of aliphatic carboxylic acids is 1. The quantitative estimate of drug-likeness (QED) is 0.677. The minimum Gasteiger partial charge on any atom is -0.550 e. The number of benzene rings is 2. The SMILES string of the molecule is COc1ccc(NC(=O)c2ccc(NC(=O)CC3(CC(=O)[O-])CCCCC3)cc2)cc1. The Kier molecular flexibility index (Phi) is 7.28. The van der Waals surface area contributed by atoms with E-state index in [0.717, 1.165) is 32.1 Å². The number of nitrogens with one attached hydrogen (secondary N) is 2. The zero-order valence-electron chi connectivity index (χ0n) is 17.6. The Balaban J connectivity index is 1.58. The van der Waals surface area contributed by atoms with Gasteiger partial charge >= 0.3 is 0 Å². The van der Waals surface area contributed by atoms with Crippen molar-refractivity contribution in [2.75, 3.05) is 17.7 Å². The number of hydrogen-bond donors (Lipinski definition) is 2. The van der Waals surface area contributed by atoms with Crippen LogP contribution in [0.15, 0.2) is 48.5 Å². The van der Waals surface area contributed by atoms with Crippen molar-refractivity contribution in [1.82, 2.24) is 0 Å². The Morgan fingerprint density at radius 1 is 0.871 bits per heavy atom. The molecule has 0 heterocycles. The van der Waals surface area contributed by atoms with E-state index in [2.05, 4.69) is 10.6 Å². The number of carboxylic acid groups (broad SMARTS) is 1. The molecular weight excluding hydrogens is 396 g/mol. The fourth-order valence-electron chi connectivity index (χ4n) is 4.15. The van der Waals surface area contributed by atoms with E-state index in [1.807, 2.05) is 0 Å². The fraction of sp³-hybridized carbons (Fsp3) is 0.375. The highest BCUT2D eigenvalue weighted by atomic mass is 16.5. The van der Waals surface area contributed by atoms with Crippen LogP contribution in [0.25, 0.3) is 0 Å². The van der Waals surface area contributed by atoms with Gasteiger partial charge in [0.05, 0.1) is 7.11 Å². The van der Waals surface area contributed by atoms with Crippen molar-refractivity contribution in [3.63, 3.8) is 0 Å². The van der Waals surface area contributed by atoms with Gasteiger partial charge in [-0.3, -0.25) is 9.59 Å². The van der Waals surface area contributed by atoms with Gasteiger partial charge in [-0.05, 0) is 73.2 Å². The highest BCUT2D eigenvalue weighted by molar-refractivity contribution is 6.04. The van der Waals surface area contributed by atoms with Gasteiger partial charge in [0.15, 0.2) is 0 Å². The summed E-state index contributed by atoms with van der Waals surface area (Å²) in [6, 6.07) is 13.6. The van der Waals surface area contributed by atoms with Gasteiger partial charge in [0.25, 0.3) is 5.91 Å². The highest BCUT2D eigenvalue weighted by Gasteiger charge is 2.34. The third-order valence-electron chi connectivity index (χ3n) is 5.75. The molecule has 0 saturated heterocycles. The molecule has 0 bridgehead atoms. The first-order chi connectivity index (χ1) is 14.9. The maximum Gasteiger partial charge on any atom is 0.255 e. The number of anilines is 2. The van der Waals surface area contributed by atoms with Crippen LogP contribution in [0.4, 0.5) is 11.4 Å². The van der Waals surface area contributed by atoms with Crippen molar-refractivity contribution in [3.05, 3.63) is 54.1 Å². The van der Waals surface area contributed by atoms with Gasteiger partial charge in [0.2, 0.25) is 5.91 Å². The number of amides is 2. The van der Waals surface area contributed by atoms with Crippen molar-refractivity contribution in [2.45, 2.75) is 44.9 Å². The van der Waals surface area contributed by atoms with E-state index in [-0.39, 0.29) is 24.7 Å². The van der Waals surface area contributed by atoms with E-state index in [1.54, 1.807) is 55.6 Å². The summed E-state index contributed by atoms with van der Waals surface area (Å²) in [4.78, 5) is 36.2. The van der Waals surface area contributed by atoms with E-state index >= 15 is 0 Å². The minimum atomic E-state index is -1.11. The first kappa shape index (κ1) is 22.3. The average Bonchev–Trinajstić information content (AvgIpc) is 2.74. The molecule has 1 aliphatic carbocycles. The van der Waals surface area contributed by atoms with Crippen molar-refractivity contribution in [1.29, 1.82) is 0 Å². The van der Waals surface area contributed by atoms with Crippen LogP contribution in [0.1, 0.15) is 55.3 Å². The van der Waals surface area contributed by atoms with Crippen molar-refractivity contribution in [2.24, 2.45) is 5.41 Å². The first-order valence-corrected chi connectivity index (χ1v) is 10.4. The Hall–Kier alpha value is -3.35. The van der Waals surface area contributed by atoms with Crippen molar-refractivity contribution >= 4 is 29.2 Å². The van der Waals surface area contributed by atoms with Crippen molar-refractivity contribution in [3.8, 4) is 5.75 Å². The van der Waals surface area contributed by atoms with E-state index in [4.69, 9.17) is 4.74 Å². The van der Waals surface area contributed by atoms with Crippen LogP contribution in [0.2, 0.25) is 0 Å². The molecule has 2 N–H and O–H groups in total. The summed E-state index contributed by atoms with van der Waals surface area (Å²) in [7, 11) is 1.58. The third-order valence-corrected chi connectivity index (χ3v) is 5.75. The second kappa shape index (κ2) is 10.1. The predicted molar refractivity (Wildman–Crippen MR) is 116 cm³/mol. The van der Waals surface area contributed by atoms with E-state index in [9.17, 15) is 19.5 Å². The lowest BCUT2D eigenvalue weighted by Gasteiger charge is -2.37. The van der Waals surface area contributed by atoms with Gasteiger partial charge in [0.1, 0.15) is 5.75 Å². The monoisotopic (exact) mass is 423 g/mol. The standard InChI is InChI=1S/C24H28N2O5/c1-31-20-11-9-19(10-12-20)26-23(30)17-5-7-18(8-6-17)25-21(27)15-24(16-22(28)29)13-3-2-4-14-24/h5-12H,2-4,13-16H2,1H3,(H,25,27)(H,26,30)(H,28,29)/p-1. The van der Waals surface area contributed by atoms with Gasteiger partial charge in [-0.1, -0.05) is 19.3 Å². The molecule has 31 heavy (non-hydrogen) atoms. The fourth-order valence-corrected chi connectivity index (χ4v) is 4.15.